The van der Waals surface area contributed by atoms with E-state index in [0.717, 1.165) is 11.3 Å². The van der Waals surface area contributed by atoms with E-state index in [0.29, 0.717) is 16.5 Å². The van der Waals surface area contributed by atoms with Gasteiger partial charge in [-0.1, -0.05) is 18.2 Å². The first-order valence-electron chi connectivity index (χ1n) is 5.86. The van der Waals surface area contributed by atoms with Gasteiger partial charge in [0.25, 0.3) is 0 Å². The fourth-order valence-electron chi connectivity index (χ4n) is 1.82. The second-order valence-electron chi connectivity index (χ2n) is 4.24. The SMILES string of the molecule is COc1ccc(CC(O)c2ccc(F)c(Br)c2)cc1. The quantitative estimate of drug-likeness (QED) is 0.925. The van der Waals surface area contributed by atoms with Gasteiger partial charge < -0.3 is 9.84 Å². The molecule has 0 saturated heterocycles. The van der Waals surface area contributed by atoms with E-state index in [1.165, 1.54) is 6.07 Å². The largest absolute Gasteiger partial charge is 0.497 e. The van der Waals surface area contributed by atoms with Gasteiger partial charge in [-0.2, -0.15) is 0 Å². The molecule has 19 heavy (non-hydrogen) atoms. The van der Waals surface area contributed by atoms with Crippen LogP contribution in [0.1, 0.15) is 17.2 Å². The van der Waals surface area contributed by atoms with Crippen LogP contribution in [-0.4, -0.2) is 12.2 Å². The third-order valence-electron chi connectivity index (χ3n) is 2.92. The summed E-state index contributed by atoms with van der Waals surface area (Å²) in [7, 11) is 1.61. The predicted molar refractivity (Wildman–Crippen MR) is 75.8 cm³/mol. The van der Waals surface area contributed by atoms with Gasteiger partial charge in [0, 0.05) is 6.42 Å². The number of halogens is 2. The van der Waals surface area contributed by atoms with Gasteiger partial charge in [0.15, 0.2) is 0 Å². The lowest BCUT2D eigenvalue weighted by Gasteiger charge is -2.12. The van der Waals surface area contributed by atoms with E-state index >= 15 is 0 Å². The summed E-state index contributed by atoms with van der Waals surface area (Å²) in [5.41, 5.74) is 1.68. The Bertz CT molecular complexity index is 555. The molecule has 0 saturated carbocycles. The molecule has 2 aromatic rings. The lowest BCUT2D eigenvalue weighted by Crippen LogP contribution is -2.02. The van der Waals surface area contributed by atoms with Crippen molar-refractivity contribution in [3.05, 3.63) is 63.9 Å². The van der Waals surface area contributed by atoms with E-state index in [2.05, 4.69) is 15.9 Å². The Morgan fingerprint density at radius 3 is 2.47 bits per heavy atom. The van der Waals surface area contributed by atoms with Crippen molar-refractivity contribution < 1.29 is 14.2 Å². The Balaban J connectivity index is 2.10. The molecule has 4 heteroatoms. The zero-order chi connectivity index (χ0) is 13.8. The van der Waals surface area contributed by atoms with Gasteiger partial charge in [0.05, 0.1) is 17.7 Å². The van der Waals surface area contributed by atoms with E-state index in [1.807, 2.05) is 24.3 Å². The molecule has 0 bridgehead atoms. The fourth-order valence-corrected chi connectivity index (χ4v) is 2.22. The summed E-state index contributed by atoms with van der Waals surface area (Å²) in [6.45, 7) is 0. The number of hydrogen-bond acceptors (Lipinski definition) is 2. The molecule has 0 aliphatic heterocycles. The van der Waals surface area contributed by atoms with Crippen molar-refractivity contribution >= 4 is 15.9 Å². The molecule has 0 aliphatic carbocycles. The van der Waals surface area contributed by atoms with Crippen molar-refractivity contribution in [1.29, 1.82) is 0 Å². The molecule has 0 fully saturated rings. The molecule has 2 nitrogen and oxygen atoms in total. The standard InChI is InChI=1S/C15H14BrFO2/c1-19-12-5-2-10(3-6-12)8-15(18)11-4-7-14(17)13(16)9-11/h2-7,9,15,18H,8H2,1H3. The molecule has 0 aromatic heterocycles. The van der Waals surface area contributed by atoms with Gasteiger partial charge in [0.1, 0.15) is 11.6 Å². The van der Waals surface area contributed by atoms with Crippen molar-refractivity contribution in [2.24, 2.45) is 0 Å². The highest BCUT2D eigenvalue weighted by Crippen LogP contribution is 2.24. The van der Waals surface area contributed by atoms with Crippen LogP contribution in [0.4, 0.5) is 4.39 Å². The summed E-state index contributed by atoms with van der Waals surface area (Å²) < 4.78 is 18.6. The Morgan fingerprint density at radius 1 is 1.21 bits per heavy atom. The minimum Gasteiger partial charge on any atom is -0.497 e. The van der Waals surface area contributed by atoms with Crippen LogP contribution in [0.5, 0.6) is 5.75 Å². The van der Waals surface area contributed by atoms with Crippen LogP contribution >= 0.6 is 15.9 Å². The predicted octanol–water partition coefficient (Wildman–Crippen LogP) is 3.87. The van der Waals surface area contributed by atoms with Crippen molar-refractivity contribution in [1.82, 2.24) is 0 Å². The minimum absolute atomic E-state index is 0.333. The minimum atomic E-state index is -0.662. The lowest BCUT2D eigenvalue weighted by atomic mass is 10.0. The molecule has 0 amide bonds. The van der Waals surface area contributed by atoms with Crippen molar-refractivity contribution in [2.45, 2.75) is 12.5 Å². The van der Waals surface area contributed by atoms with Crippen LogP contribution in [0.2, 0.25) is 0 Å². The highest BCUT2D eigenvalue weighted by molar-refractivity contribution is 9.10. The Hall–Kier alpha value is -1.39. The monoisotopic (exact) mass is 324 g/mol. The zero-order valence-corrected chi connectivity index (χ0v) is 12.0. The number of hydrogen-bond donors (Lipinski definition) is 1. The lowest BCUT2D eigenvalue weighted by molar-refractivity contribution is 0.178. The van der Waals surface area contributed by atoms with Gasteiger partial charge >= 0.3 is 0 Å². The molecule has 0 heterocycles. The van der Waals surface area contributed by atoms with E-state index in [-0.39, 0.29) is 5.82 Å². The third kappa shape index (κ3) is 3.55. The van der Waals surface area contributed by atoms with Crippen molar-refractivity contribution in [2.75, 3.05) is 7.11 Å². The van der Waals surface area contributed by atoms with Crippen LogP contribution in [0, 0.1) is 5.82 Å². The Kier molecular flexibility index (Phi) is 4.56. The molecule has 100 valence electrons. The molecule has 1 N–H and O–H groups in total. The molecule has 0 spiro atoms. The number of aliphatic hydroxyl groups excluding tert-OH is 1. The summed E-state index contributed by atoms with van der Waals surface area (Å²) in [4.78, 5) is 0. The summed E-state index contributed by atoms with van der Waals surface area (Å²) in [5, 5.41) is 10.1. The Morgan fingerprint density at radius 2 is 1.89 bits per heavy atom. The van der Waals surface area contributed by atoms with Crippen molar-refractivity contribution in [3.8, 4) is 5.75 Å². The van der Waals surface area contributed by atoms with E-state index in [1.54, 1.807) is 19.2 Å². The first-order valence-corrected chi connectivity index (χ1v) is 6.65. The zero-order valence-electron chi connectivity index (χ0n) is 10.4. The highest BCUT2D eigenvalue weighted by atomic mass is 79.9. The number of rotatable bonds is 4. The van der Waals surface area contributed by atoms with Gasteiger partial charge in [-0.3, -0.25) is 0 Å². The van der Waals surface area contributed by atoms with E-state index in [9.17, 15) is 9.50 Å². The summed E-state index contributed by atoms with van der Waals surface area (Å²) in [6, 6.07) is 12.0. The summed E-state index contributed by atoms with van der Waals surface area (Å²) in [6.07, 6.45) is -0.187. The van der Waals surface area contributed by atoms with Crippen LogP contribution in [0.25, 0.3) is 0 Å². The van der Waals surface area contributed by atoms with Gasteiger partial charge in [-0.15, -0.1) is 0 Å². The van der Waals surface area contributed by atoms with Crippen molar-refractivity contribution in [3.63, 3.8) is 0 Å². The average molecular weight is 325 g/mol. The summed E-state index contributed by atoms with van der Waals surface area (Å²) >= 11 is 3.12. The summed E-state index contributed by atoms with van der Waals surface area (Å²) in [5.74, 6) is 0.447. The molecular weight excluding hydrogens is 311 g/mol. The number of ether oxygens (including phenoxy) is 1. The van der Waals surface area contributed by atoms with E-state index < -0.39 is 6.10 Å². The Labute approximate surface area is 120 Å². The average Bonchev–Trinajstić information content (AvgIpc) is 2.42. The molecule has 2 aromatic carbocycles. The van der Waals surface area contributed by atoms with Gasteiger partial charge in [-0.05, 0) is 51.3 Å². The maximum absolute atomic E-state index is 13.1. The fraction of sp³-hybridized carbons (Fsp3) is 0.200. The van der Waals surface area contributed by atoms with Crippen LogP contribution in [0.3, 0.4) is 0 Å². The highest BCUT2D eigenvalue weighted by Gasteiger charge is 2.10. The smallest absolute Gasteiger partial charge is 0.137 e. The normalized spacial score (nSPS) is 12.2. The molecule has 1 atom stereocenters. The van der Waals surface area contributed by atoms with Crippen LogP contribution in [-0.2, 0) is 6.42 Å². The number of benzene rings is 2. The first-order chi connectivity index (χ1) is 9.10. The topological polar surface area (TPSA) is 29.5 Å². The van der Waals surface area contributed by atoms with E-state index in [4.69, 9.17) is 4.74 Å². The third-order valence-corrected chi connectivity index (χ3v) is 3.52. The second-order valence-corrected chi connectivity index (χ2v) is 5.10. The number of aliphatic hydroxyl groups is 1. The van der Waals surface area contributed by atoms with Gasteiger partial charge in [0.2, 0.25) is 0 Å². The molecule has 1 unspecified atom stereocenters. The number of methoxy groups -OCH3 is 1. The second kappa shape index (κ2) is 6.17. The van der Waals surface area contributed by atoms with Gasteiger partial charge in [-0.25, -0.2) is 4.39 Å². The molecule has 2 rings (SSSR count). The maximum atomic E-state index is 13.1. The van der Waals surface area contributed by atoms with Crippen LogP contribution in [0.15, 0.2) is 46.9 Å². The molecular formula is C15H14BrFO2. The van der Waals surface area contributed by atoms with Crippen LogP contribution < -0.4 is 4.74 Å². The molecule has 0 aliphatic rings. The molecule has 0 radical (unpaired) electrons. The first kappa shape index (κ1) is 14.0. The maximum Gasteiger partial charge on any atom is 0.137 e.